The van der Waals surface area contributed by atoms with Gasteiger partial charge in [-0.15, -0.1) is 0 Å². The second kappa shape index (κ2) is 17.6. The number of methoxy groups -OCH3 is 1. The van der Waals surface area contributed by atoms with Crippen molar-refractivity contribution in [2.75, 3.05) is 34.4 Å². The standard InChI is InChI=1S/C44H59N5O8/c1-26-36-21-32(44(36,3)4)22-37(26)46-43(53)40-39(27(2)51)38(25-50)57-48(40)23-29-14-11-15-35(41(29)56-7)30-18-31(20-34(19-30)49(54)55)42(52)45-33(24-47(5)6)17-16-28-12-9-8-10-13-28/h8-15,18-20,26-27,32-33,36-40,50-51H,16-17,21-25H2,1-7H3,(H,45,52)(H,46,53)/t26-,27-,32-,33-,36+,37-,38-,39+,40-/m0/s1. The Morgan fingerprint density at radius 2 is 1.84 bits per heavy atom. The minimum Gasteiger partial charge on any atom is -0.496 e. The Morgan fingerprint density at radius 1 is 1.11 bits per heavy atom. The van der Waals surface area contributed by atoms with E-state index in [9.17, 15) is 29.9 Å². The number of hydroxylamine groups is 2. The van der Waals surface area contributed by atoms with Gasteiger partial charge in [0.2, 0.25) is 5.91 Å². The lowest BCUT2D eigenvalue weighted by Crippen LogP contribution is -2.62. The van der Waals surface area contributed by atoms with Gasteiger partial charge in [0.1, 0.15) is 17.9 Å². The fourth-order valence-corrected chi connectivity index (χ4v) is 9.74. The largest absolute Gasteiger partial charge is 0.496 e. The van der Waals surface area contributed by atoms with E-state index < -0.39 is 41.6 Å². The molecule has 1 heterocycles. The van der Waals surface area contributed by atoms with Gasteiger partial charge in [0, 0.05) is 53.4 Å². The summed E-state index contributed by atoms with van der Waals surface area (Å²) < 4.78 is 5.96. The SMILES string of the molecule is COc1c(CN2O[C@@H](CO)[C@@H]([C@H](C)O)[C@H]2C(=O)N[C@H]2C[C@@H]3C[C@H]([C@@H]2C)C3(C)C)cccc1-c1cc(C(=O)N[C@@H](CCc2ccccc2)CN(C)C)cc([N+](=O)[O-])c1. The molecule has 3 aromatic carbocycles. The van der Waals surface area contributed by atoms with E-state index in [1.54, 1.807) is 25.1 Å². The van der Waals surface area contributed by atoms with Gasteiger partial charge in [0.25, 0.3) is 11.6 Å². The number of likely N-dealkylation sites (N-methyl/N-ethyl adjacent to an activating group) is 1. The maximum Gasteiger partial charge on any atom is 0.270 e. The van der Waals surface area contributed by atoms with Crippen LogP contribution in [0.2, 0.25) is 0 Å². The molecule has 4 aliphatic rings. The van der Waals surface area contributed by atoms with Gasteiger partial charge in [-0.1, -0.05) is 69.3 Å². The number of hydrogen-bond donors (Lipinski definition) is 4. The van der Waals surface area contributed by atoms with E-state index in [-0.39, 0.29) is 47.1 Å². The number of aliphatic hydroxyl groups is 2. The number of carbonyl (C=O) groups is 2. The molecule has 0 aromatic heterocycles. The highest BCUT2D eigenvalue weighted by Crippen LogP contribution is 2.61. The fourth-order valence-electron chi connectivity index (χ4n) is 9.74. The molecule has 13 heteroatoms. The van der Waals surface area contributed by atoms with Gasteiger partial charge in [-0.25, -0.2) is 0 Å². The van der Waals surface area contributed by atoms with E-state index in [1.807, 2.05) is 55.4 Å². The molecular weight excluding hydrogens is 727 g/mol. The predicted molar refractivity (Wildman–Crippen MR) is 217 cm³/mol. The maximum absolute atomic E-state index is 14.3. The molecule has 4 N–H and O–H groups in total. The van der Waals surface area contributed by atoms with Crippen LogP contribution in [0.4, 0.5) is 5.69 Å². The number of non-ortho nitro benzene ring substituents is 1. The first-order chi connectivity index (χ1) is 27.1. The Hall–Kier alpha value is -4.40. The average molecular weight is 786 g/mol. The van der Waals surface area contributed by atoms with Crippen molar-refractivity contribution in [1.82, 2.24) is 20.6 Å². The number of hydrogen-bond acceptors (Lipinski definition) is 10. The molecule has 0 radical (unpaired) electrons. The zero-order chi connectivity index (χ0) is 41.2. The van der Waals surface area contributed by atoms with Crippen LogP contribution in [0.1, 0.15) is 68.4 Å². The molecule has 4 fully saturated rings. The molecule has 1 aliphatic heterocycles. The number of aryl methyl sites for hydroxylation is 1. The van der Waals surface area contributed by atoms with Crippen LogP contribution in [0.5, 0.6) is 5.75 Å². The summed E-state index contributed by atoms with van der Waals surface area (Å²) in [6.45, 7) is 8.65. The summed E-state index contributed by atoms with van der Waals surface area (Å²) in [7, 11) is 5.36. The summed E-state index contributed by atoms with van der Waals surface area (Å²) in [5, 5.41) is 41.4. The van der Waals surface area contributed by atoms with Crippen molar-refractivity contribution in [1.29, 1.82) is 0 Å². The van der Waals surface area contributed by atoms with Crippen LogP contribution in [0, 0.1) is 39.2 Å². The summed E-state index contributed by atoms with van der Waals surface area (Å²) in [5.41, 5.74) is 2.80. The number of nitro benzene ring substituents is 1. The molecule has 13 nitrogen and oxygen atoms in total. The van der Waals surface area contributed by atoms with Gasteiger partial charge in [-0.05, 0) is 87.1 Å². The highest BCUT2D eigenvalue weighted by Gasteiger charge is 2.57. The number of benzene rings is 3. The summed E-state index contributed by atoms with van der Waals surface area (Å²) in [6.07, 6.45) is 1.69. The molecule has 0 spiro atoms. The zero-order valence-electron chi connectivity index (χ0n) is 34.2. The zero-order valence-corrected chi connectivity index (χ0v) is 34.2. The topological polar surface area (TPSA) is 167 Å². The summed E-state index contributed by atoms with van der Waals surface area (Å²) >= 11 is 0. The Kier molecular flexibility index (Phi) is 13.0. The summed E-state index contributed by atoms with van der Waals surface area (Å²) in [5.74, 6) is 0.303. The summed E-state index contributed by atoms with van der Waals surface area (Å²) in [6, 6.07) is 18.5. The third-order valence-corrected chi connectivity index (χ3v) is 12.9. The van der Waals surface area contributed by atoms with Crippen molar-refractivity contribution in [3.63, 3.8) is 0 Å². The van der Waals surface area contributed by atoms with Crippen molar-refractivity contribution in [3.8, 4) is 16.9 Å². The Bertz CT molecular complexity index is 1900. The second-order valence-electron chi connectivity index (χ2n) is 17.2. The monoisotopic (exact) mass is 785 g/mol. The van der Waals surface area contributed by atoms with Crippen LogP contribution in [0.15, 0.2) is 66.7 Å². The first kappa shape index (κ1) is 42.2. The number of carbonyl (C=O) groups excluding carboxylic acids is 2. The summed E-state index contributed by atoms with van der Waals surface area (Å²) in [4.78, 5) is 48.0. The van der Waals surface area contributed by atoms with E-state index >= 15 is 0 Å². The van der Waals surface area contributed by atoms with Gasteiger partial charge in [-0.3, -0.25) is 24.5 Å². The van der Waals surface area contributed by atoms with Crippen LogP contribution in [0.3, 0.4) is 0 Å². The number of rotatable bonds is 16. The number of nitrogens with one attached hydrogen (secondary N) is 2. The number of fused-ring (bicyclic) bond motifs is 2. The lowest BCUT2D eigenvalue weighted by molar-refractivity contribution is -0.384. The number of aliphatic hydroxyl groups excluding tert-OH is 2. The highest BCUT2D eigenvalue weighted by atomic mass is 16.7. The number of nitrogens with zero attached hydrogens (tertiary/aromatic N) is 3. The number of ether oxygens (including phenoxy) is 1. The van der Waals surface area contributed by atoms with Crippen LogP contribution in [-0.4, -0.2) is 102 Å². The number of nitro groups is 1. The fraction of sp³-hybridized carbons (Fsp3) is 0.545. The van der Waals surface area contributed by atoms with Crippen LogP contribution in [-0.2, 0) is 22.6 Å². The third kappa shape index (κ3) is 9.02. The predicted octanol–water partition coefficient (Wildman–Crippen LogP) is 5.22. The van der Waals surface area contributed by atoms with Crippen molar-refractivity contribution < 1.29 is 34.3 Å². The molecule has 9 atom stereocenters. The molecule has 2 amide bonds. The van der Waals surface area contributed by atoms with Crippen LogP contribution < -0.4 is 15.4 Å². The molecule has 57 heavy (non-hydrogen) atoms. The molecule has 7 rings (SSSR count). The number of amides is 2. The highest BCUT2D eigenvalue weighted by molar-refractivity contribution is 5.97. The van der Waals surface area contributed by atoms with Gasteiger partial charge in [-0.2, -0.15) is 5.06 Å². The number of para-hydroxylation sites is 1. The molecule has 0 unspecified atom stereocenters. The molecular formula is C44H59N5O8. The van der Waals surface area contributed by atoms with Crippen molar-refractivity contribution in [2.24, 2.45) is 29.1 Å². The molecule has 3 aromatic rings. The molecule has 2 bridgehead atoms. The van der Waals surface area contributed by atoms with Crippen molar-refractivity contribution in [2.45, 2.75) is 90.3 Å². The van der Waals surface area contributed by atoms with E-state index in [0.717, 1.165) is 18.4 Å². The smallest absolute Gasteiger partial charge is 0.270 e. The lowest BCUT2D eigenvalue weighted by atomic mass is 9.45. The van der Waals surface area contributed by atoms with Crippen molar-refractivity contribution >= 4 is 17.5 Å². The van der Waals surface area contributed by atoms with Gasteiger partial charge < -0.3 is 30.5 Å². The molecule has 3 saturated carbocycles. The average Bonchev–Trinajstić information content (AvgIpc) is 3.56. The molecule has 3 aliphatic carbocycles. The second-order valence-corrected chi connectivity index (χ2v) is 17.2. The molecule has 1 saturated heterocycles. The van der Waals surface area contributed by atoms with Crippen LogP contribution in [0.25, 0.3) is 11.1 Å². The molecule has 308 valence electrons. The van der Waals surface area contributed by atoms with E-state index in [0.29, 0.717) is 47.2 Å². The normalized spacial score (nSPS) is 26.3. The van der Waals surface area contributed by atoms with Gasteiger partial charge in [0.15, 0.2) is 0 Å². The first-order valence-corrected chi connectivity index (χ1v) is 20.1. The van der Waals surface area contributed by atoms with Crippen LogP contribution >= 0.6 is 0 Å². The minimum atomic E-state index is -0.961. The van der Waals surface area contributed by atoms with Gasteiger partial charge >= 0.3 is 0 Å². The van der Waals surface area contributed by atoms with E-state index in [2.05, 4.69) is 31.4 Å². The lowest BCUT2D eigenvalue weighted by Gasteiger charge is -2.62. The van der Waals surface area contributed by atoms with Crippen molar-refractivity contribution in [3.05, 3.63) is 93.5 Å². The minimum absolute atomic E-state index is 0.0147. The third-order valence-electron chi connectivity index (χ3n) is 12.9. The Labute approximate surface area is 335 Å². The van der Waals surface area contributed by atoms with E-state index in [4.69, 9.17) is 9.57 Å². The maximum atomic E-state index is 14.3. The first-order valence-electron chi connectivity index (χ1n) is 20.1. The Morgan fingerprint density at radius 3 is 2.46 bits per heavy atom. The van der Waals surface area contributed by atoms with Gasteiger partial charge in [0.05, 0.1) is 31.3 Å². The Balaban J connectivity index is 1.27. The van der Waals surface area contributed by atoms with E-state index in [1.165, 1.54) is 30.7 Å². The quantitative estimate of drug-likeness (QED) is 0.112.